The van der Waals surface area contributed by atoms with Crippen molar-refractivity contribution >= 4 is 29.2 Å². The van der Waals surface area contributed by atoms with Crippen LogP contribution in [0.15, 0.2) is 24.3 Å². The molecule has 0 radical (unpaired) electrons. The highest BCUT2D eigenvalue weighted by Gasteiger charge is 2.32. The molecule has 6 heteroatoms. The van der Waals surface area contributed by atoms with E-state index in [1.165, 1.54) is 19.3 Å². The van der Waals surface area contributed by atoms with Crippen LogP contribution in [0.3, 0.4) is 0 Å². The molecule has 0 spiro atoms. The van der Waals surface area contributed by atoms with E-state index in [0.29, 0.717) is 17.8 Å². The van der Waals surface area contributed by atoms with Gasteiger partial charge in [0.25, 0.3) is 5.91 Å². The average Bonchev–Trinajstić information content (AvgIpc) is 2.85. The van der Waals surface area contributed by atoms with Gasteiger partial charge in [0.2, 0.25) is 0 Å². The van der Waals surface area contributed by atoms with Crippen LogP contribution in [0.2, 0.25) is 0 Å². The Bertz CT molecular complexity index is 702. The minimum Gasteiger partial charge on any atom is -0.348 e. The largest absolute Gasteiger partial charge is 0.348 e. The smallest absolute Gasteiger partial charge is 0.272 e. The molecule has 1 aromatic carbocycles. The number of benzene rings is 1. The first-order chi connectivity index (χ1) is 10.7. The van der Waals surface area contributed by atoms with Gasteiger partial charge in [0.1, 0.15) is 0 Å². The number of piperidine rings is 2. The number of hydrogen-bond acceptors (Lipinski definition) is 3. The highest BCUT2D eigenvalue weighted by molar-refractivity contribution is 6.04. The molecule has 2 aliphatic rings. The molecule has 2 bridgehead atoms. The fourth-order valence-corrected chi connectivity index (χ4v) is 4.02. The third-order valence-corrected chi connectivity index (χ3v) is 5.02. The van der Waals surface area contributed by atoms with E-state index in [0.717, 1.165) is 23.7 Å². The number of para-hydroxylation sites is 1. The van der Waals surface area contributed by atoms with Crippen molar-refractivity contribution in [2.24, 2.45) is 7.05 Å². The van der Waals surface area contributed by atoms with E-state index in [4.69, 9.17) is 0 Å². The lowest BCUT2D eigenvalue weighted by Gasteiger charge is -2.40. The topological polar surface area (TPSA) is 59.0 Å². The monoisotopic (exact) mass is 334 g/mol. The molecule has 2 N–H and O–H groups in total. The zero-order valence-electron chi connectivity index (χ0n) is 13.3. The maximum absolute atomic E-state index is 12.7. The van der Waals surface area contributed by atoms with E-state index in [2.05, 4.69) is 15.7 Å². The van der Waals surface area contributed by atoms with E-state index in [9.17, 15) is 4.79 Å². The third kappa shape index (κ3) is 3.08. The van der Waals surface area contributed by atoms with Crippen LogP contribution >= 0.6 is 12.4 Å². The number of nitrogens with zero attached hydrogens (tertiary/aromatic N) is 2. The summed E-state index contributed by atoms with van der Waals surface area (Å²) in [5.41, 5.74) is 1.54. The number of carbonyl (C=O) groups excluding carboxylic acids is 1. The fourth-order valence-electron chi connectivity index (χ4n) is 4.02. The van der Waals surface area contributed by atoms with Crippen LogP contribution in [-0.4, -0.2) is 33.8 Å². The predicted molar refractivity (Wildman–Crippen MR) is 93.0 cm³/mol. The maximum Gasteiger partial charge on any atom is 0.272 e. The number of amides is 1. The summed E-state index contributed by atoms with van der Waals surface area (Å²) in [6, 6.07) is 9.29. The second kappa shape index (κ2) is 6.49. The first-order valence-electron chi connectivity index (χ1n) is 8.19. The lowest BCUT2D eigenvalue weighted by Crippen LogP contribution is -2.54. The van der Waals surface area contributed by atoms with Crippen molar-refractivity contribution in [3.05, 3.63) is 30.0 Å². The van der Waals surface area contributed by atoms with Gasteiger partial charge in [-0.1, -0.05) is 24.6 Å². The van der Waals surface area contributed by atoms with Gasteiger partial charge in [-0.2, -0.15) is 5.10 Å². The molecule has 124 valence electrons. The summed E-state index contributed by atoms with van der Waals surface area (Å²) < 4.78 is 1.78. The molecule has 5 nitrogen and oxygen atoms in total. The van der Waals surface area contributed by atoms with Gasteiger partial charge in [0, 0.05) is 30.6 Å². The van der Waals surface area contributed by atoms with E-state index < -0.39 is 0 Å². The molecule has 2 saturated heterocycles. The second-order valence-electron chi connectivity index (χ2n) is 6.62. The molecule has 0 aliphatic carbocycles. The van der Waals surface area contributed by atoms with Gasteiger partial charge in [0.05, 0.1) is 5.52 Å². The van der Waals surface area contributed by atoms with Gasteiger partial charge in [-0.15, -0.1) is 12.4 Å². The molecule has 2 aromatic rings. The van der Waals surface area contributed by atoms with Gasteiger partial charge in [-0.05, 0) is 31.7 Å². The van der Waals surface area contributed by atoms with Crippen LogP contribution in [0.1, 0.15) is 42.6 Å². The van der Waals surface area contributed by atoms with Crippen LogP contribution in [0, 0.1) is 0 Å². The SMILES string of the molecule is Cl.Cn1nc(C(=O)NC2CC3CCCC(C2)N3)c2ccccc21. The molecule has 1 amide bonds. The molecule has 0 saturated carbocycles. The maximum atomic E-state index is 12.7. The number of aromatic nitrogens is 2. The van der Waals surface area contributed by atoms with Crippen molar-refractivity contribution in [2.75, 3.05) is 0 Å². The lowest BCUT2D eigenvalue weighted by atomic mass is 9.84. The zero-order valence-corrected chi connectivity index (χ0v) is 14.1. The Balaban J connectivity index is 0.00000156. The zero-order chi connectivity index (χ0) is 15.1. The number of aryl methyl sites for hydroxylation is 1. The molecular formula is C17H23ClN4O. The van der Waals surface area contributed by atoms with Crippen LogP contribution < -0.4 is 10.6 Å². The second-order valence-corrected chi connectivity index (χ2v) is 6.62. The Kier molecular flexibility index (Phi) is 4.60. The van der Waals surface area contributed by atoms with E-state index in [1.807, 2.05) is 31.3 Å². The van der Waals surface area contributed by atoms with Crippen molar-refractivity contribution in [3.63, 3.8) is 0 Å². The van der Waals surface area contributed by atoms with Crippen molar-refractivity contribution < 1.29 is 4.79 Å². The lowest BCUT2D eigenvalue weighted by molar-refractivity contribution is 0.0903. The summed E-state index contributed by atoms with van der Waals surface area (Å²) in [5.74, 6) is -0.0400. The summed E-state index contributed by atoms with van der Waals surface area (Å²) in [4.78, 5) is 12.7. The molecule has 2 aliphatic heterocycles. The molecule has 2 atom stereocenters. The molecule has 2 fully saturated rings. The van der Waals surface area contributed by atoms with Crippen LogP contribution in [0.5, 0.6) is 0 Å². The van der Waals surface area contributed by atoms with Crippen molar-refractivity contribution in [1.82, 2.24) is 20.4 Å². The van der Waals surface area contributed by atoms with Gasteiger partial charge < -0.3 is 10.6 Å². The summed E-state index contributed by atoms with van der Waals surface area (Å²) in [7, 11) is 1.88. The van der Waals surface area contributed by atoms with Gasteiger partial charge in [-0.3, -0.25) is 9.48 Å². The minimum atomic E-state index is -0.0400. The van der Waals surface area contributed by atoms with Crippen molar-refractivity contribution in [3.8, 4) is 0 Å². The third-order valence-electron chi connectivity index (χ3n) is 5.02. The highest BCUT2D eigenvalue weighted by Crippen LogP contribution is 2.26. The molecular weight excluding hydrogens is 312 g/mol. The highest BCUT2D eigenvalue weighted by atomic mass is 35.5. The fraction of sp³-hybridized carbons (Fsp3) is 0.529. The Morgan fingerprint density at radius 1 is 1.26 bits per heavy atom. The first kappa shape index (κ1) is 16.3. The molecule has 2 unspecified atom stereocenters. The predicted octanol–water partition coefficient (Wildman–Crippen LogP) is 2.40. The molecule has 3 heterocycles. The van der Waals surface area contributed by atoms with Gasteiger partial charge >= 0.3 is 0 Å². The van der Waals surface area contributed by atoms with Crippen LogP contribution in [0.4, 0.5) is 0 Å². The summed E-state index contributed by atoms with van der Waals surface area (Å²) in [6.07, 6.45) is 5.85. The molecule has 1 aromatic heterocycles. The summed E-state index contributed by atoms with van der Waals surface area (Å²) in [6.45, 7) is 0. The van der Waals surface area contributed by atoms with Crippen LogP contribution in [0.25, 0.3) is 10.9 Å². The number of carbonyl (C=O) groups is 1. The molecule has 23 heavy (non-hydrogen) atoms. The summed E-state index contributed by atoms with van der Waals surface area (Å²) in [5, 5.41) is 12.2. The van der Waals surface area contributed by atoms with Gasteiger partial charge in [-0.25, -0.2) is 0 Å². The van der Waals surface area contributed by atoms with Gasteiger partial charge in [0.15, 0.2) is 5.69 Å². The van der Waals surface area contributed by atoms with Crippen molar-refractivity contribution in [2.45, 2.75) is 50.2 Å². The standard InChI is InChI=1S/C17H22N4O.ClH/c1-21-15-8-3-2-7-14(15)16(20-21)17(22)19-13-9-11-5-4-6-12(10-13)18-11;/h2-3,7-8,11-13,18H,4-6,9-10H2,1H3,(H,19,22);1H. The van der Waals surface area contributed by atoms with E-state index in [1.54, 1.807) is 4.68 Å². The normalized spacial score (nSPS) is 26.6. The minimum absolute atomic E-state index is 0. The quantitative estimate of drug-likeness (QED) is 0.886. The molecule has 4 rings (SSSR count). The average molecular weight is 335 g/mol. The Morgan fingerprint density at radius 2 is 1.96 bits per heavy atom. The van der Waals surface area contributed by atoms with E-state index in [-0.39, 0.29) is 24.4 Å². The Labute approximate surface area is 142 Å². The Hall–Kier alpha value is -1.59. The van der Waals surface area contributed by atoms with Crippen molar-refractivity contribution in [1.29, 1.82) is 0 Å². The number of fused-ring (bicyclic) bond motifs is 3. The number of halogens is 1. The van der Waals surface area contributed by atoms with Crippen LogP contribution in [-0.2, 0) is 7.05 Å². The Morgan fingerprint density at radius 3 is 2.70 bits per heavy atom. The number of hydrogen-bond donors (Lipinski definition) is 2. The summed E-state index contributed by atoms with van der Waals surface area (Å²) >= 11 is 0. The van der Waals surface area contributed by atoms with E-state index >= 15 is 0 Å². The first-order valence-corrected chi connectivity index (χ1v) is 8.19. The number of rotatable bonds is 2. The number of nitrogens with one attached hydrogen (secondary N) is 2.